The Hall–Kier alpha value is -1.81. The molecule has 1 aromatic carbocycles. The van der Waals surface area contributed by atoms with Crippen molar-refractivity contribution in [2.45, 2.75) is 13.8 Å². The molecule has 1 N–H and O–H groups in total. The number of carbonyl (C=O) groups excluding carboxylic acids is 1. The Morgan fingerprint density at radius 2 is 2.00 bits per heavy atom. The molecule has 0 spiro atoms. The van der Waals surface area contributed by atoms with Crippen LogP contribution in [0.2, 0.25) is 0 Å². The summed E-state index contributed by atoms with van der Waals surface area (Å²) in [5, 5.41) is 3.20. The van der Waals surface area contributed by atoms with Crippen LogP contribution in [0.15, 0.2) is 35.8 Å². The summed E-state index contributed by atoms with van der Waals surface area (Å²) in [4.78, 5) is 17.4. The van der Waals surface area contributed by atoms with Crippen molar-refractivity contribution in [2.24, 2.45) is 4.99 Å². The molecule has 0 radical (unpaired) electrons. The number of nitrogens with zero attached hydrogens (tertiary/aromatic N) is 2. The van der Waals surface area contributed by atoms with E-state index in [0.717, 1.165) is 5.69 Å². The number of aliphatic imine (C=N–C) groups is 1. The molecule has 0 bridgehead atoms. The van der Waals surface area contributed by atoms with Crippen LogP contribution < -0.4 is 17.7 Å². The highest BCUT2D eigenvalue weighted by atomic mass is 35.5. The first kappa shape index (κ1) is 15.2. The molecule has 0 aliphatic carbocycles. The lowest BCUT2D eigenvalue weighted by molar-refractivity contribution is -0.124. The summed E-state index contributed by atoms with van der Waals surface area (Å²) < 4.78 is 0. The molecule has 1 aromatic rings. The van der Waals surface area contributed by atoms with Gasteiger partial charge in [0.25, 0.3) is 5.91 Å². The molecule has 0 fully saturated rings. The average Bonchev–Trinajstić information content (AvgIpc) is 2.60. The SMILES string of the molecule is C=CCN1C(=O)CN=C1Nc1cc(C)cc(C)c1.[Cl-]. The molecular weight excluding hydrogens is 262 g/mol. The minimum atomic E-state index is 0. The van der Waals surface area contributed by atoms with Crippen molar-refractivity contribution in [1.82, 2.24) is 4.90 Å². The van der Waals surface area contributed by atoms with Crippen LogP contribution in [0.1, 0.15) is 11.1 Å². The quantitative estimate of drug-likeness (QED) is 0.729. The topological polar surface area (TPSA) is 44.7 Å². The highest BCUT2D eigenvalue weighted by Gasteiger charge is 2.24. The Labute approximate surface area is 119 Å². The van der Waals surface area contributed by atoms with E-state index in [-0.39, 0.29) is 24.9 Å². The predicted molar refractivity (Wildman–Crippen MR) is 73.8 cm³/mol. The monoisotopic (exact) mass is 278 g/mol. The van der Waals surface area contributed by atoms with Crippen molar-refractivity contribution in [3.8, 4) is 0 Å². The van der Waals surface area contributed by atoms with E-state index in [1.165, 1.54) is 11.1 Å². The lowest BCUT2D eigenvalue weighted by Gasteiger charge is -2.18. The molecule has 1 heterocycles. The third-order valence-corrected chi connectivity index (χ3v) is 2.71. The first-order valence-electron chi connectivity index (χ1n) is 5.91. The molecule has 0 saturated heterocycles. The smallest absolute Gasteiger partial charge is 0.251 e. The summed E-state index contributed by atoms with van der Waals surface area (Å²) in [5.74, 6) is 0.603. The lowest BCUT2D eigenvalue weighted by Crippen LogP contribution is -3.00. The fourth-order valence-corrected chi connectivity index (χ4v) is 2.03. The first-order chi connectivity index (χ1) is 8.60. The largest absolute Gasteiger partial charge is 1.00 e. The average molecular weight is 279 g/mol. The highest BCUT2D eigenvalue weighted by molar-refractivity contribution is 6.09. The minimum Gasteiger partial charge on any atom is -1.00 e. The van der Waals surface area contributed by atoms with Gasteiger partial charge in [0.15, 0.2) is 0 Å². The van der Waals surface area contributed by atoms with Gasteiger partial charge in [-0.25, -0.2) is 4.99 Å². The van der Waals surface area contributed by atoms with E-state index >= 15 is 0 Å². The zero-order valence-electron chi connectivity index (χ0n) is 11.1. The fraction of sp³-hybridized carbons (Fsp3) is 0.286. The van der Waals surface area contributed by atoms with Crippen LogP contribution in [0.25, 0.3) is 0 Å². The molecule has 4 nitrogen and oxygen atoms in total. The number of halogens is 1. The summed E-state index contributed by atoms with van der Waals surface area (Å²) in [6.45, 7) is 8.43. The molecule has 0 saturated carbocycles. The molecule has 19 heavy (non-hydrogen) atoms. The predicted octanol–water partition coefficient (Wildman–Crippen LogP) is -0.896. The zero-order chi connectivity index (χ0) is 13.1. The van der Waals surface area contributed by atoms with Gasteiger partial charge >= 0.3 is 0 Å². The minimum absolute atomic E-state index is 0. The van der Waals surface area contributed by atoms with E-state index < -0.39 is 0 Å². The maximum Gasteiger partial charge on any atom is 0.251 e. The standard InChI is InChI=1S/C14H17N3O.ClH/c1-4-5-17-13(18)9-15-14(17)16-12-7-10(2)6-11(3)8-12;/h4,6-8H,1,5,9H2,2-3H3,(H,15,16);1H/p-1. The van der Waals surface area contributed by atoms with Crippen LogP contribution in [0, 0.1) is 13.8 Å². The molecule has 0 atom stereocenters. The molecule has 1 aliphatic rings. The van der Waals surface area contributed by atoms with Gasteiger partial charge in [0.1, 0.15) is 6.54 Å². The molecular formula is C14H17ClN3O-. The number of rotatable bonds is 3. The third-order valence-electron chi connectivity index (χ3n) is 2.71. The number of nitrogens with one attached hydrogen (secondary N) is 1. The fourth-order valence-electron chi connectivity index (χ4n) is 2.03. The van der Waals surface area contributed by atoms with Gasteiger partial charge in [-0.05, 0) is 37.1 Å². The highest BCUT2D eigenvalue weighted by Crippen LogP contribution is 2.15. The second kappa shape index (κ2) is 6.38. The van der Waals surface area contributed by atoms with Crippen molar-refractivity contribution in [1.29, 1.82) is 0 Å². The molecule has 5 heteroatoms. The van der Waals surface area contributed by atoms with Gasteiger partial charge in [-0.1, -0.05) is 12.1 Å². The van der Waals surface area contributed by atoms with Crippen LogP contribution in [-0.2, 0) is 4.79 Å². The number of aryl methyl sites for hydroxylation is 2. The Bertz CT molecular complexity index is 505. The van der Waals surface area contributed by atoms with E-state index in [1.54, 1.807) is 11.0 Å². The number of hydrogen-bond acceptors (Lipinski definition) is 3. The Morgan fingerprint density at radius 3 is 2.58 bits per heavy atom. The van der Waals surface area contributed by atoms with E-state index in [1.807, 2.05) is 26.0 Å². The summed E-state index contributed by atoms with van der Waals surface area (Å²) in [7, 11) is 0. The molecule has 1 aliphatic heterocycles. The number of benzene rings is 1. The summed E-state index contributed by atoms with van der Waals surface area (Å²) in [6, 6.07) is 6.17. The Morgan fingerprint density at radius 1 is 1.37 bits per heavy atom. The molecule has 1 amide bonds. The summed E-state index contributed by atoms with van der Waals surface area (Å²) >= 11 is 0. The van der Waals surface area contributed by atoms with Gasteiger partial charge in [-0.3, -0.25) is 9.69 Å². The van der Waals surface area contributed by atoms with Gasteiger partial charge in [0, 0.05) is 12.2 Å². The van der Waals surface area contributed by atoms with Crippen molar-refractivity contribution in [3.05, 3.63) is 42.0 Å². The van der Waals surface area contributed by atoms with Crippen LogP contribution in [-0.4, -0.2) is 29.9 Å². The normalized spacial score (nSPS) is 13.9. The van der Waals surface area contributed by atoms with Gasteiger partial charge in [0.05, 0.1) is 0 Å². The van der Waals surface area contributed by atoms with Crippen LogP contribution in [0.3, 0.4) is 0 Å². The summed E-state index contributed by atoms with van der Waals surface area (Å²) in [6.07, 6.45) is 1.70. The summed E-state index contributed by atoms with van der Waals surface area (Å²) in [5.41, 5.74) is 3.31. The molecule has 102 valence electrons. The maximum absolute atomic E-state index is 11.6. The molecule has 2 rings (SSSR count). The first-order valence-corrected chi connectivity index (χ1v) is 5.91. The zero-order valence-corrected chi connectivity index (χ0v) is 11.9. The number of guanidine groups is 1. The van der Waals surface area contributed by atoms with Crippen LogP contribution in [0.4, 0.5) is 5.69 Å². The van der Waals surface area contributed by atoms with E-state index in [4.69, 9.17) is 0 Å². The van der Waals surface area contributed by atoms with Crippen molar-refractivity contribution >= 4 is 17.6 Å². The van der Waals surface area contributed by atoms with Gasteiger partial charge in [0.2, 0.25) is 5.96 Å². The molecule has 0 unspecified atom stereocenters. The van der Waals surface area contributed by atoms with Crippen LogP contribution >= 0.6 is 0 Å². The third kappa shape index (κ3) is 3.58. The second-order valence-electron chi connectivity index (χ2n) is 4.43. The van der Waals surface area contributed by atoms with E-state index in [9.17, 15) is 4.79 Å². The van der Waals surface area contributed by atoms with Crippen molar-refractivity contribution in [2.75, 3.05) is 18.4 Å². The van der Waals surface area contributed by atoms with E-state index in [2.05, 4.69) is 23.0 Å². The van der Waals surface area contributed by atoms with Gasteiger partial charge < -0.3 is 17.7 Å². The number of anilines is 1. The van der Waals surface area contributed by atoms with Crippen molar-refractivity contribution < 1.29 is 17.2 Å². The Kier molecular flexibility index (Phi) is 5.12. The van der Waals surface area contributed by atoms with Gasteiger partial charge in [-0.2, -0.15) is 0 Å². The Balaban J connectivity index is 0.00000180. The van der Waals surface area contributed by atoms with Crippen LogP contribution in [0.5, 0.6) is 0 Å². The number of hydrogen-bond donors (Lipinski definition) is 1. The van der Waals surface area contributed by atoms with E-state index in [0.29, 0.717) is 12.5 Å². The number of carbonyl (C=O) groups is 1. The second-order valence-corrected chi connectivity index (χ2v) is 4.43. The molecule has 0 aromatic heterocycles. The number of amides is 1. The lowest BCUT2D eigenvalue weighted by atomic mass is 10.1. The van der Waals surface area contributed by atoms with Crippen molar-refractivity contribution in [3.63, 3.8) is 0 Å². The maximum atomic E-state index is 11.6. The van der Waals surface area contributed by atoms with Gasteiger partial charge in [-0.15, -0.1) is 6.58 Å².